The summed E-state index contributed by atoms with van der Waals surface area (Å²) in [5.74, 6) is 0.575. The number of rotatable bonds is 3. The van der Waals surface area contributed by atoms with Crippen molar-refractivity contribution >= 4 is 5.91 Å². The minimum atomic E-state index is -0.614. The lowest BCUT2D eigenvalue weighted by molar-refractivity contribution is -0.137. The van der Waals surface area contributed by atoms with Gasteiger partial charge < -0.3 is 10.6 Å². The van der Waals surface area contributed by atoms with Crippen molar-refractivity contribution in [3.05, 3.63) is 0 Å². The number of nitrogens with two attached hydrogens (primary N) is 1. The molecule has 2 N–H and O–H groups in total. The number of likely N-dealkylation sites (N-methyl/N-ethyl adjacent to an activating group) is 1. The van der Waals surface area contributed by atoms with Crippen molar-refractivity contribution in [1.82, 2.24) is 4.90 Å². The number of nitrogens with zero attached hydrogens (tertiary/aromatic N) is 1. The molecule has 2 aliphatic rings. The molecular formula is C12H22N2O. The lowest BCUT2D eigenvalue weighted by Crippen LogP contribution is -2.55. The molecule has 2 saturated carbocycles. The second kappa shape index (κ2) is 3.78. The summed E-state index contributed by atoms with van der Waals surface area (Å²) in [5.41, 5.74) is 5.53. The Morgan fingerprint density at radius 1 is 1.27 bits per heavy atom. The van der Waals surface area contributed by atoms with E-state index in [4.69, 9.17) is 5.73 Å². The van der Waals surface area contributed by atoms with E-state index in [9.17, 15) is 4.79 Å². The van der Waals surface area contributed by atoms with Crippen molar-refractivity contribution in [2.75, 3.05) is 7.05 Å². The van der Waals surface area contributed by atoms with E-state index in [0.717, 1.165) is 25.7 Å². The average molecular weight is 210 g/mol. The lowest BCUT2D eigenvalue weighted by atomic mass is 9.94. The molecule has 0 bridgehead atoms. The second-order valence-corrected chi connectivity index (χ2v) is 5.41. The molecule has 2 aliphatic carbocycles. The van der Waals surface area contributed by atoms with Crippen LogP contribution in [0.15, 0.2) is 0 Å². The maximum Gasteiger partial charge on any atom is 0.242 e. The zero-order valence-corrected chi connectivity index (χ0v) is 9.83. The monoisotopic (exact) mass is 210 g/mol. The van der Waals surface area contributed by atoms with E-state index >= 15 is 0 Å². The molecule has 0 aromatic heterocycles. The fraction of sp³-hybridized carbons (Fsp3) is 0.917. The summed E-state index contributed by atoms with van der Waals surface area (Å²) in [6.45, 7) is 1.90. The van der Waals surface area contributed by atoms with Gasteiger partial charge in [0.05, 0.1) is 5.54 Å². The predicted octanol–water partition coefficient (Wildman–Crippen LogP) is 1.51. The predicted molar refractivity (Wildman–Crippen MR) is 60.3 cm³/mol. The molecule has 1 amide bonds. The zero-order valence-electron chi connectivity index (χ0n) is 9.83. The van der Waals surface area contributed by atoms with E-state index in [2.05, 4.69) is 0 Å². The molecule has 0 heterocycles. The van der Waals surface area contributed by atoms with Gasteiger partial charge in [0, 0.05) is 13.1 Å². The van der Waals surface area contributed by atoms with E-state index in [1.807, 2.05) is 18.9 Å². The van der Waals surface area contributed by atoms with Gasteiger partial charge in [0.15, 0.2) is 0 Å². The maximum atomic E-state index is 12.2. The Hall–Kier alpha value is -0.570. The molecule has 0 aliphatic heterocycles. The summed E-state index contributed by atoms with van der Waals surface area (Å²) in [4.78, 5) is 14.1. The fourth-order valence-electron chi connectivity index (χ4n) is 2.70. The van der Waals surface area contributed by atoms with Crippen LogP contribution in [-0.4, -0.2) is 29.4 Å². The molecule has 3 nitrogen and oxygen atoms in total. The molecule has 86 valence electrons. The van der Waals surface area contributed by atoms with Gasteiger partial charge in [-0.1, -0.05) is 12.8 Å². The molecule has 0 saturated heterocycles. The van der Waals surface area contributed by atoms with Crippen LogP contribution in [0.2, 0.25) is 0 Å². The molecule has 2 fully saturated rings. The van der Waals surface area contributed by atoms with Crippen molar-refractivity contribution in [3.8, 4) is 0 Å². The van der Waals surface area contributed by atoms with Crippen LogP contribution in [0.25, 0.3) is 0 Å². The quantitative estimate of drug-likeness (QED) is 0.767. The molecule has 1 atom stereocenters. The molecule has 1 unspecified atom stereocenters. The summed E-state index contributed by atoms with van der Waals surface area (Å²) < 4.78 is 0. The Balaban J connectivity index is 1.99. The van der Waals surface area contributed by atoms with Crippen molar-refractivity contribution < 1.29 is 4.79 Å². The van der Waals surface area contributed by atoms with Crippen LogP contribution >= 0.6 is 0 Å². The van der Waals surface area contributed by atoms with Gasteiger partial charge in [0.1, 0.15) is 0 Å². The van der Waals surface area contributed by atoms with Crippen LogP contribution in [0.1, 0.15) is 45.4 Å². The summed E-state index contributed by atoms with van der Waals surface area (Å²) >= 11 is 0. The normalized spacial score (nSPS) is 26.3. The molecule has 0 aromatic rings. The van der Waals surface area contributed by atoms with Gasteiger partial charge in [-0.3, -0.25) is 4.79 Å². The molecular weight excluding hydrogens is 188 g/mol. The Morgan fingerprint density at radius 3 is 2.27 bits per heavy atom. The molecule has 0 radical (unpaired) electrons. The Kier molecular flexibility index (Phi) is 2.75. The summed E-state index contributed by atoms with van der Waals surface area (Å²) in [7, 11) is 1.92. The Morgan fingerprint density at radius 2 is 1.80 bits per heavy atom. The molecule has 3 heteroatoms. The first-order valence-electron chi connectivity index (χ1n) is 6.09. The largest absolute Gasteiger partial charge is 0.341 e. The van der Waals surface area contributed by atoms with Crippen LogP contribution in [0.3, 0.4) is 0 Å². The van der Waals surface area contributed by atoms with Crippen LogP contribution in [0.4, 0.5) is 0 Å². The SMILES string of the molecule is CN(C(=O)C(C)(N)C1CC1)C1CCCC1. The number of amides is 1. The number of carbonyl (C=O) groups is 1. The van der Waals surface area contributed by atoms with E-state index in [1.54, 1.807) is 0 Å². The van der Waals surface area contributed by atoms with Gasteiger partial charge in [0.2, 0.25) is 5.91 Å². The zero-order chi connectivity index (χ0) is 11.1. The van der Waals surface area contributed by atoms with Gasteiger partial charge >= 0.3 is 0 Å². The highest BCUT2D eigenvalue weighted by Gasteiger charge is 2.46. The van der Waals surface area contributed by atoms with Crippen molar-refractivity contribution in [2.45, 2.75) is 57.0 Å². The minimum absolute atomic E-state index is 0.150. The minimum Gasteiger partial charge on any atom is -0.341 e. The smallest absolute Gasteiger partial charge is 0.242 e. The van der Waals surface area contributed by atoms with Crippen LogP contribution in [0, 0.1) is 5.92 Å². The van der Waals surface area contributed by atoms with Gasteiger partial charge in [-0.15, -0.1) is 0 Å². The first kappa shape index (κ1) is 10.9. The maximum absolute atomic E-state index is 12.2. The third-order valence-corrected chi connectivity index (χ3v) is 4.08. The van der Waals surface area contributed by atoms with Gasteiger partial charge in [-0.25, -0.2) is 0 Å². The molecule has 0 aromatic carbocycles. The number of carbonyl (C=O) groups excluding carboxylic acids is 1. The van der Waals surface area contributed by atoms with Crippen molar-refractivity contribution in [2.24, 2.45) is 11.7 Å². The van der Waals surface area contributed by atoms with Crippen molar-refractivity contribution in [3.63, 3.8) is 0 Å². The van der Waals surface area contributed by atoms with Crippen LogP contribution in [-0.2, 0) is 4.79 Å². The molecule has 2 rings (SSSR count). The highest BCUT2D eigenvalue weighted by atomic mass is 16.2. The topological polar surface area (TPSA) is 46.3 Å². The number of hydrogen-bond donors (Lipinski definition) is 1. The average Bonchev–Trinajstić information content (AvgIpc) is 2.93. The third kappa shape index (κ3) is 2.03. The second-order valence-electron chi connectivity index (χ2n) is 5.41. The standard InChI is InChI=1S/C12H22N2O/c1-12(13,9-7-8-9)11(15)14(2)10-5-3-4-6-10/h9-10H,3-8,13H2,1-2H3. The van der Waals surface area contributed by atoms with E-state index in [0.29, 0.717) is 12.0 Å². The van der Waals surface area contributed by atoms with Crippen LogP contribution < -0.4 is 5.73 Å². The summed E-state index contributed by atoms with van der Waals surface area (Å²) in [5, 5.41) is 0. The van der Waals surface area contributed by atoms with Crippen LogP contribution in [0.5, 0.6) is 0 Å². The Bertz CT molecular complexity index is 252. The Labute approximate surface area is 92.0 Å². The summed E-state index contributed by atoms with van der Waals surface area (Å²) in [6, 6.07) is 0.444. The van der Waals surface area contributed by atoms with E-state index in [-0.39, 0.29) is 5.91 Å². The number of hydrogen-bond acceptors (Lipinski definition) is 2. The molecule has 15 heavy (non-hydrogen) atoms. The first-order chi connectivity index (χ1) is 7.03. The van der Waals surface area contributed by atoms with Crippen molar-refractivity contribution in [1.29, 1.82) is 0 Å². The van der Waals surface area contributed by atoms with E-state index in [1.165, 1.54) is 12.8 Å². The fourth-order valence-corrected chi connectivity index (χ4v) is 2.70. The highest BCUT2D eigenvalue weighted by Crippen LogP contribution is 2.39. The summed E-state index contributed by atoms with van der Waals surface area (Å²) in [6.07, 6.45) is 7.07. The van der Waals surface area contributed by atoms with Gasteiger partial charge in [-0.05, 0) is 38.5 Å². The highest BCUT2D eigenvalue weighted by molar-refractivity contribution is 5.86. The van der Waals surface area contributed by atoms with Gasteiger partial charge in [0.25, 0.3) is 0 Å². The third-order valence-electron chi connectivity index (χ3n) is 4.08. The van der Waals surface area contributed by atoms with Gasteiger partial charge in [-0.2, -0.15) is 0 Å². The first-order valence-corrected chi connectivity index (χ1v) is 6.09. The lowest BCUT2D eigenvalue weighted by Gasteiger charge is -2.33. The van der Waals surface area contributed by atoms with E-state index < -0.39 is 5.54 Å². The molecule has 0 spiro atoms.